The molecule has 1 aromatic heterocycles. The van der Waals surface area contributed by atoms with Gasteiger partial charge in [-0.1, -0.05) is 12.8 Å². The van der Waals surface area contributed by atoms with Gasteiger partial charge < -0.3 is 15.7 Å². The molecule has 3 rings (SSSR count). The lowest BCUT2D eigenvalue weighted by Gasteiger charge is -2.28. The van der Waals surface area contributed by atoms with Crippen molar-refractivity contribution in [3.63, 3.8) is 0 Å². The molecule has 1 aliphatic carbocycles. The highest BCUT2D eigenvalue weighted by Crippen LogP contribution is 2.19. The summed E-state index contributed by atoms with van der Waals surface area (Å²) in [6.45, 7) is 1.97. The minimum Gasteiger partial charge on any atom is -0.391 e. The highest BCUT2D eigenvalue weighted by Gasteiger charge is 2.26. The fourth-order valence-corrected chi connectivity index (χ4v) is 3.24. The van der Waals surface area contributed by atoms with E-state index in [4.69, 9.17) is 0 Å². The van der Waals surface area contributed by atoms with E-state index < -0.39 is 6.10 Å². The van der Waals surface area contributed by atoms with E-state index in [1.54, 1.807) is 6.07 Å². The van der Waals surface area contributed by atoms with E-state index in [9.17, 15) is 9.90 Å². The maximum atomic E-state index is 12.2. The normalized spacial score (nSPS) is 28.7. The van der Waals surface area contributed by atoms with E-state index in [2.05, 4.69) is 15.7 Å². The first kappa shape index (κ1) is 17.2. The lowest BCUT2D eigenvalue weighted by molar-refractivity contribution is 0.0713. The van der Waals surface area contributed by atoms with E-state index >= 15 is 0 Å². The number of nitrogens with zero attached hydrogens (tertiary/aromatic N) is 2. The van der Waals surface area contributed by atoms with Crippen molar-refractivity contribution < 1.29 is 9.90 Å². The predicted octanol–water partition coefficient (Wildman–Crippen LogP) is 1.26. The Bertz CT molecular complexity index is 488. The van der Waals surface area contributed by atoms with Crippen molar-refractivity contribution in [2.75, 3.05) is 13.1 Å². The Kier molecular flexibility index (Phi) is 6.23. The second kappa shape index (κ2) is 7.94. The third-order valence-electron chi connectivity index (χ3n) is 4.53. The molecule has 0 radical (unpaired) electrons. The van der Waals surface area contributed by atoms with Crippen molar-refractivity contribution >= 4 is 18.3 Å². The van der Waals surface area contributed by atoms with Gasteiger partial charge in [0.05, 0.1) is 18.2 Å². The number of carbonyl (C=O) groups is 1. The number of nitrogens with one attached hydrogen (secondary N) is 2. The average molecular weight is 329 g/mol. The number of rotatable bonds is 3. The van der Waals surface area contributed by atoms with Crippen LogP contribution >= 0.6 is 12.4 Å². The van der Waals surface area contributed by atoms with Crippen LogP contribution in [-0.4, -0.2) is 46.0 Å². The molecule has 6 nitrogen and oxygen atoms in total. The number of halogens is 1. The van der Waals surface area contributed by atoms with Crippen LogP contribution in [0.4, 0.5) is 0 Å². The first-order chi connectivity index (χ1) is 10.2. The minimum absolute atomic E-state index is 0. The summed E-state index contributed by atoms with van der Waals surface area (Å²) < 4.78 is 1.89. The minimum atomic E-state index is -0.424. The van der Waals surface area contributed by atoms with E-state index in [-0.39, 0.29) is 24.4 Å². The van der Waals surface area contributed by atoms with Crippen molar-refractivity contribution in [2.24, 2.45) is 0 Å². The summed E-state index contributed by atoms with van der Waals surface area (Å²) in [6, 6.07) is 1.97. The summed E-state index contributed by atoms with van der Waals surface area (Å²) in [7, 11) is 0. The maximum Gasteiger partial charge on any atom is 0.272 e. The number of aromatic nitrogens is 2. The van der Waals surface area contributed by atoms with Crippen molar-refractivity contribution in [3.05, 3.63) is 18.0 Å². The molecule has 0 spiro atoms. The molecule has 1 saturated carbocycles. The van der Waals surface area contributed by atoms with Crippen LogP contribution in [0.5, 0.6) is 0 Å². The van der Waals surface area contributed by atoms with Gasteiger partial charge in [-0.2, -0.15) is 5.10 Å². The summed E-state index contributed by atoms with van der Waals surface area (Å²) in [5.74, 6) is -0.177. The smallest absolute Gasteiger partial charge is 0.272 e. The summed E-state index contributed by atoms with van der Waals surface area (Å²) >= 11 is 0. The Labute approximate surface area is 137 Å². The Morgan fingerprint density at radius 1 is 1.32 bits per heavy atom. The van der Waals surface area contributed by atoms with E-state index in [1.165, 1.54) is 0 Å². The van der Waals surface area contributed by atoms with Crippen LogP contribution < -0.4 is 10.6 Å². The third-order valence-corrected chi connectivity index (χ3v) is 4.53. The molecule has 7 heteroatoms. The molecule has 0 aromatic carbocycles. The van der Waals surface area contributed by atoms with Gasteiger partial charge >= 0.3 is 0 Å². The molecule has 3 N–H and O–H groups in total. The van der Waals surface area contributed by atoms with Crippen LogP contribution in [0.1, 0.15) is 55.1 Å². The zero-order valence-electron chi connectivity index (χ0n) is 12.7. The standard InChI is InChI=1S/C15H24N4O2.ClH/c20-14-6-2-1-5-12(14)17-15(21)13-7-9-19(18-13)11-4-3-8-16-10-11;/h7,9,11-12,14,16,20H,1-6,8,10H2,(H,17,21);1H. The molecule has 1 amide bonds. The summed E-state index contributed by atoms with van der Waals surface area (Å²) in [6.07, 6.45) is 7.41. The molecule has 1 saturated heterocycles. The van der Waals surface area contributed by atoms with Gasteiger partial charge in [0, 0.05) is 12.7 Å². The van der Waals surface area contributed by atoms with Crippen molar-refractivity contribution in [1.82, 2.24) is 20.4 Å². The van der Waals surface area contributed by atoms with Gasteiger partial charge in [-0.15, -0.1) is 12.4 Å². The van der Waals surface area contributed by atoms with Crippen LogP contribution in [-0.2, 0) is 0 Å². The van der Waals surface area contributed by atoms with Gasteiger partial charge in [0.15, 0.2) is 0 Å². The topological polar surface area (TPSA) is 79.2 Å². The molecule has 124 valence electrons. The molecule has 2 fully saturated rings. The van der Waals surface area contributed by atoms with Crippen LogP contribution in [0.3, 0.4) is 0 Å². The number of amides is 1. The molecule has 2 heterocycles. The lowest BCUT2D eigenvalue weighted by Crippen LogP contribution is -2.45. The molecule has 0 bridgehead atoms. The van der Waals surface area contributed by atoms with E-state index in [0.717, 1.165) is 51.6 Å². The van der Waals surface area contributed by atoms with E-state index in [0.29, 0.717) is 11.7 Å². The molecule has 2 aliphatic rings. The number of piperidine rings is 1. The predicted molar refractivity (Wildman–Crippen MR) is 86.3 cm³/mol. The zero-order chi connectivity index (χ0) is 14.7. The molecule has 1 aromatic rings. The third kappa shape index (κ3) is 4.00. The van der Waals surface area contributed by atoms with Crippen molar-refractivity contribution in [1.29, 1.82) is 0 Å². The fourth-order valence-electron chi connectivity index (χ4n) is 3.24. The Morgan fingerprint density at radius 3 is 2.86 bits per heavy atom. The Hall–Kier alpha value is -1.11. The molecule has 1 aliphatic heterocycles. The molecule has 3 atom stereocenters. The summed E-state index contributed by atoms with van der Waals surface area (Å²) in [5.41, 5.74) is 0.443. The van der Waals surface area contributed by atoms with Gasteiger partial charge in [-0.25, -0.2) is 0 Å². The number of hydrogen-bond acceptors (Lipinski definition) is 4. The van der Waals surface area contributed by atoms with Gasteiger partial charge in [-0.3, -0.25) is 9.48 Å². The van der Waals surface area contributed by atoms with Crippen LogP contribution in [0, 0.1) is 0 Å². The first-order valence-corrected chi connectivity index (χ1v) is 7.99. The number of aliphatic hydroxyl groups is 1. The maximum absolute atomic E-state index is 12.2. The van der Waals surface area contributed by atoms with Gasteiger partial charge in [-0.05, 0) is 38.3 Å². The number of hydrogen-bond donors (Lipinski definition) is 3. The molecule has 22 heavy (non-hydrogen) atoms. The average Bonchev–Trinajstić information content (AvgIpc) is 3.00. The van der Waals surface area contributed by atoms with E-state index in [1.807, 2.05) is 10.9 Å². The monoisotopic (exact) mass is 328 g/mol. The molecular formula is C15H25ClN4O2. The Morgan fingerprint density at radius 2 is 2.14 bits per heavy atom. The number of aliphatic hydroxyl groups excluding tert-OH is 1. The second-order valence-corrected chi connectivity index (χ2v) is 6.11. The second-order valence-electron chi connectivity index (χ2n) is 6.11. The molecule has 3 unspecified atom stereocenters. The van der Waals surface area contributed by atoms with Crippen LogP contribution in [0.25, 0.3) is 0 Å². The largest absolute Gasteiger partial charge is 0.391 e. The van der Waals surface area contributed by atoms with Gasteiger partial charge in [0.1, 0.15) is 5.69 Å². The highest BCUT2D eigenvalue weighted by molar-refractivity contribution is 5.92. The van der Waals surface area contributed by atoms with Crippen LogP contribution in [0.2, 0.25) is 0 Å². The first-order valence-electron chi connectivity index (χ1n) is 7.99. The van der Waals surface area contributed by atoms with Crippen molar-refractivity contribution in [3.8, 4) is 0 Å². The highest BCUT2D eigenvalue weighted by atomic mass is 35.5. The fraction of sp³-hybridized carbons (Fsp3) is 0.733. The van der Waals surface area contributed by atoms with Crippen LogP contribution in [0.15, 0.2) is 12.3 Å². The van der Waals surface area contributed by atoms with Gasteiger partial charge in [0.2, 0.25) is 0 Å². The number of carbonyl (C=O) groups excluding carboxylic acids is 1. The quantitative estimate of drug-likeness (QED) is 0.780. The molecular weight excluding hydrogens is 304 g/mol. The van der Waals surface area contributed by atoms with Crippen molar-refractivity contribution in [2.45, 2.75) is 56.7 Å². The zero-order valence-corrected chi connectivity index (χ0v) is 13.5. The lowest BCUT2D eigenvalue weighted by atomic mass is 9.92. The summed E-state index contributed by atoms with van der Waals surface area (Å²) in [4.78, 5) is 12.2. The SMILES string of the molecule is Cl.O=C(NC1CCCCC1O)c1ccn(C2CCCNC2)n1. The summed E-state index contributed by atoms with van der Waals surface area (Å²) in [5, 5.41) is 20.6. The Balaban J connectivity index is 0.00000176. The van der Waals surface area contributed by atoms with Gasteiger partial charge in [0.25, 0.3) is 5.91 Å².